The second-order valence-corrected chi connectivity index (χ2v) is 11.3. The van der Waals surface area contributed by atoms with Crippen LogP contribution in [0.3, 0.4) is 0 Å². The third-order valence-corrected chi connectivity index (χ3v) is 8.51. The van der Waals surface area contributed by atoms with Gasteiger partial charge in [0.05, 0.1) is 27.7 Å². The predicted molar refractivity (Wildman–Crippen MR) is 119 cm³/mol. The van der Waals surface area contributed by atoms with Crippen molar-refractivity contribution in [2.24, 2.45) is 5.16 Å². The fourth-order valence-electron chi connectivity index (χ4n) is 3.47. The molecule has 0 radical (unpaired) electrons. The molecular weight excluding hydrogens is 454 g/mol. The molecule has 0 bridgehead atoms. The molecule has 2 N–H and O–H groups in total. The highest BCUT2D eigenvalue weighted by molar-refractivity contribution is 7.92. The van der Waals surface area contributed by atoms with Crippen LogP contribution >= 0.6 is 11.3 Å². The molecule has 2 fully saturated rings. The van der Waals surface area contributed by atoms with E-state index in [4.69, 9.17) is 9.57 Å². The van der Waals surface area contributed by atoms with Crippen molar-refractivity contribution in [2.75, 3.05) is 12.4 Å². The van der Waals surface area contributed by atoms with Crippen molar-refractivity contribution in [1.29, 1.82) is 0 Å². The molecular formula is C21H25N3O6S2. The number of carbonyl (C=O) groups is 1. The van der Waals surface area contributed by atoms with Crippen LogP contribution in [0.25, 0.3) is 0 Å². The van der Waals surface area contributed by atoms with E-state index in [1.165, 1.54) is 23.5 Å². The number of methoxy groups -OCH3 is 1. The fraction of sp³-hybridized carbons (Fsp3) is 0.476. The van der Waals surface area contributed by atoms with Gasteiger partial charge in [0.2, 0.25) is 0 Å². The largest absolute Gasteiger partial charge is 0.393 e. The lowest BCUT2D eigenvalue weighted by Gasteiger charge is -2.11. The number of ether oxygens (including phenoxy) is 1. The van der Waals surface area contributed by atoms with Gasteiger partial charge >= 0.3 is 0 Å². The van der Waals surface area contributed by atoms with E-state index < -0.39 is 21.8 Å². The highest BCUT2D eigenvalue weighted by atomic mass is 32.2. The standard InChI is InChI=1S/C21H25N3O6S2/c1-29-12-16-11-22-21(31-16)23-20(26)19(24-30-15-5-4-14(25)10-15)13-2-6-17(7-3-13)32(27,28)18-8-9-18/h2-3,6-7,11,14-15,18,25H,4-5,8-10,12H2,1H3,(H,22,23,26)/b24-19+/t14-,15-/m1/s1. The zero-order chi connectivity index (χ0) is 22.7. The summed E-state index contributed by atoms with van der Waals surface area (Å²) in [6.07, 6.45) is 3.97. The molecule has 1 aromatic carbocycles. The van der Waals surface area contributed by atoms with Crippen LogP contribution in [-0.4, -0.2) is 54.7 Å². The summed E-state index contributed by atoms with van der Waals surface area (Å²) in [7, 11) is -1.75. The Bertz CT molecular complexity index is 1090. The molecule has 1 heterocycles. The molecule has 2 aliphatic rings. The molecule has 0 spiro atoms. The van der Waals surface area contributed by atoms with Crippen LogP contribution in [0.2, 0.25) is 0 Å². The van der Waals surface area contributed by atoms with Gasteiger partial charge in [0.25, 0.3) is 5.91 Å². The minimum Gasteiger partial charge on any atom is -0.393 e. The van der Waals surface area contributed by atoms with Gasteiger partial charge < -0.3 is 14.7 Å². The van der Waals surface area contributed by atoms with Crippen molar-refractivity contribution in [3.8, 4) is 0 Å². The number of aliphatic hydroxyl groups excluding tert-OH is 1. The van der Waals surface area contributed by atoms with E-state index in [1.54, 1.807) is 25.4 Å². The lowest BCUT2D eigenvalue weighted by Crippen LogP contribution is -2.25. The molecule has 1 aromatic heterocycles. The number of sulfone groups is 1. The van der Waals surface area contributed by atoms with E-state index in [0.717, 1.165) is 4.88 Å². The maximum absolute atomic E-state index is 13.0. The van der Waals surface area contributed by atoms with Crippen LogP contribution in [0.4, 0.5) is 5.13 Å². The number of carbonyl (C=O) groups excluding carboxylic acids is 1. The van der Waals surface area contributed by atoms with Gasteiger partial charge in [-0.1, -0.05) is 28.6 Å². The average Bonchev–Trinajstić information content (AvgIpc) is 3.43. The van der Waals surface area contributed by atoms with Crippen molar-refractivity contribution < 1.29 is 27.9 Å². The van der Waals surface area contributed by atoms with Crippen LogP contribution < -0.4 is 5.32 Å². The van der Waals surface area contributed by atoms with Gasteiger partial charge in [0.15, 0.2) is 20.7 Å². The lowest BCUT2D eigenvalue weighted by molar-refractivity contribution is -0.110. The molecule has 172 valence electrons. The number of aliphatic hydroxyl groups is 1. The number of nitrogens with zero attached hydrogens (tertiary/aromatic N) is 2. The summed E-state index contributed by atoms with van der Waals surface area (Å²) in [5.41, 5.74) is 0.426. The average molecular weight is 480 g/mol. The first-order valence-electron chi connectivity index (χ1n) is 10.4. The summed E-state index contributed by atoms with van der Waals surface area (Å²) in [6, 6.07) is 6.09. The predicted octanol–water partition coefficient (Wildman–Crippen LogP) is 2.50. The summed E-state index contributed by atoms with van der Waals surface area (Å²) in [6.45, 7) is 0.387. The van der Waals surface area contributed by atoms with E-state index >= 15 is 0 Å². The Balaban J connectivity index is 1.55. The number of rotatable bonds is 9. The highest BCUT2D eigenvalue weighted by Gasteiger charge is 2.36. The summed E-state index contributed by atoms with van der Waals surface area (Å²) >= 11 is 1.28. The molecule has 4 rings (SSSR count). The molecule has 2 saturated carbocycles. The van der Waals surface area contributed by atoms with Crippen LogP contribution in [0.15, 0.2) is 40.5 Å². The summed E-state index contributed by atoms with van der Waals surface area (Å²) in [5, 5.41) is 16.6. The Morgan fingerprint density at radius 1 is 1.25 bits per heavy atom. The molecule has 2 aliphatic carbocycles. The van der Waals surface area contributed by atoms with Crippen LogP contribution in [0.1, 0.15) is 42.5 Å². The second-order valence-electron chi connectivity index (χ2n) is 7.92. The number of aromatic nitrogens is 1. The first-order valence-corrected chi connectivity index (χ1v) is 12.7. The normalized spacial score (nSPS) is 21.5. The van der Waals surface area contributed by atoms with E-state index in [0.29, 0.717) is 49.4 Å². The molecule has 0 saturated heterocycles. The Hall–Kier alpha value is -2.34. The first-order chi connectivity index (χ1) is 15.4. The molecule has 1 amide bonds. The van der Waals surface area contributed by atoms with E-state index in [9.17, 15) is 18.3 Å². The molecule has 2 atom stereocenters. The molecule has 32 heavy (non-hydrogen) atoms. The third-order valence-electron chi connectivity index (χ3n) is 5.35. The highest BCUT2D eigenvalue weighted by Crippen LogP contribution is 2.33. The summed E-state index contributed by atoms with van der Waals surface area (Å²) < 4.78 is 30.0. The van der Waals surface area contributed by atoms with Crippen molar-refractivity contribution >= 4 is 37.9 Å². The van der Waals surface area contributed by atoms with Gasteiger partial charge in [-0.15, -0.1) is 0 Å². The number of hydrogen-bond donors (Lipinski definition) is 2. The van der Waals surface area contributed by atoms with Crippen molar-refractivity contribution in [2.45, 2.75) is 61.1 Å². The smallest absolute Gasteiger partial charge is 0.280 e. The van der Waals surface area contributed by atoms with Gasteiger partial charge in [-0.3, -0.25) is 10.1 Å². The van der Waals surface area contributed by atoms with Crippen molar-refractivity contribution in [1.82, 2.24) is 4.98 Å². The maximum atomic E-state index is 13.0. The molecule has 9 nitrogen and oxygen atoms in total. The zero-order valence-electron chi connectivity index (χ0n) is 17.6. The number of benzene rings is 1. The Kier molecular flexibility index (Phi) is 6.89. The number of anilines is 1. The minimum absolute atomic E-state index is 0.00486. The third kappa shape index (κ3) is 5.34. The van der Waals surface area contributed by atoms with Crippen LogP contribution in [-0.2, 0) is 30.8 Å². The number of nitrogens with one attached hydrogen (secondary N) is 1. The lowest BCUT2D eigenvalue weighted by atomic mass is 10.1. The second kappa shape index (κ2) is 9.65. The number of thiazole rings is 1. The number of hydrogen-bond acceptors (Lipinski definition) is 9. The summed E-state index contributed by atoms with van der Waals surface area (Å²) in [5.74, 6) is -0.528. The zero-order valence-corrected chi connectivity index (χ0v) is 19.2. The Morgan fingerprint density at radius 3 is 2.62 bits per heavy atom. The topological polar surface area (TPSA) is 127 Å². The fourth-order valence-corrected chi connectivity index (χ4v) is 5.91. The maximum Gasteiger partial charge on any atom is 0.280 e. The molecule has 0 aliphatic heterocycles. The minimum atomic E-state index is -3.33. The summed E-state index contributed by atoms with van der Waals surface area (Å²) in [4.78, 5) is 23.8. The quantitative estimate of drug-likeness (QED) is 0.418. The van der Waals surface area contributed by atoms with Gasteiger partial charge in [-0.05, 0) is 37.8 Å². The Labute approximate surface area is 190 Å². The molecule has 0 unspecified atom stereocenters. The SMILES string of the molecule is COCc1cnc(NC(=O)/C(=N/O[C@@H]2CC[C@@H](O)C2)c2ccc(S(=O)(=O)C3CC3)cc2)s1. The molecule has 2 aromatic rings. The van der Waals surface area contributed by atoms with Crippen molar-refractivity contribution in [3.05, 3.63) is 40.9 Å². The number of amides is 1. The van der Waals surface area contributed by atoms with E-state index in [1.807, 2.05) is 0 Å². The van der Waals surface area contributed by atoms with Crippen molar-refractivity contribution in [3.63, 3.8) is 0 Å². The monoisotopic (exact) mass is 479 g/mol. The van der Waals surface area contributed by atoms with E-state index in [-0.39, 0.29) is 22.0 Å². The number of oxime groups is 1. The van der Waals surface area contributed by atoms with Gasteiger partial charge in [0, 0.05) is 25.3 Å². The van der Waals surface area contributed by atoms with Crippen LogP contribution in [0, 0.1) is 0 Å². The first kappa shape index (κ1) is 22.8. The van der Waals surface area contributed by atoms with E-state index in [2.05, 4.69) is 15.5 Å². The Morgan fingerprint density at radius 2 is 2.00 bits per heavy atom. The van der Waals surface area contributed by atoms with Gasteiger partial charge in [-0.25, -0.2) is 13.4 Å². The van der Waals surface area contributed by atoms with Crippen LogP contribution in [0.5, 0.6) is 0 Å². The van der Waals surface area contributed by atoms with Gasteiger partial charge in [0.1, 0.15) is 6.10 Å². The van der Waals surface area contributed by atoms with Gasteiger partial charge in [-0.2, -0.15) is 0 Å². The molecule has 11 heteroatoms.